The van der Waals surface area contributed by atoms with Crippen molar-refractivity contribution in [2.24, 2.45) is 0 Å². The number of carbonyl (C=O) groups is 2. The first-order chi connectivity index (χ1) is 12.8. The minimum absolute atomic E-state index is 0.0606. The van der Waals surface area contributed by atoms with Crippen molar-refractivity contribution in [3.63, 3.8) is 0 Å². The molecular formula is C18H25NO7S. The predicted octanol–water partition coefficient (Wildman–Crippen LogP) is 1.37. The predicted molar refractivity (Wildman–Crippen MR) is 98.6 cm³/mol. The third-order valence-electron chi connectivity index (χ3n) is 4.47. The van der Waals surface area contributed by atoms with E-state index in [0.29, 0.717) is 18.7 Å². The molecule has 1 fully saturated rings. The van der Waals surface area contributed by atoms with E-state index in [-0.39, 0.29) is 22.8 Å². The molecule has 0 saturated carbocycles. The maximum Gasteiger partial charge on any atom is 0.342 e. The molecule has 0 aromatic heterocycles. The summed E-state index contributed by atoms with van der Waals surface area (Å²) in [6.45, 7) is 1.87. The highest BCUT2D eigenvalue weighted by atomic mass is 32.2. The van der Waals surface area contributed by atoms with Crippen molar-refractivity contribution in [1.82, 2.24) is 4.90 Å². The Balaban J connectivity index is 2.03. The first kappa shape index (κ1) is 21.0. The van der Waals surface area contributed by atoms with Crippen molar-refractivity contribution in [2.45, 2.75) is 32.2 Å². The van der Waals surface area contributed by atoms with Crippen LogP contribution in [0.5, 0.6) is 11.5 Å². The number of methoxy groups -OCH3 is 1. The lowest BCUT2D eigenvalue weighted by atomic mass is 10.2. The van der Waals surface area contributed by atoms with Gasteiger partial charge in [-0.05, 0) is 31.0 Å². The Kier molecular flexibility index (Phi) is 7.06. The van der Waals surface area contributed by atoms with Crippen LogP contribution < -0.4 is 4.74 Å². The number of phenolic OH excluding ortho intramolecular Hbond substituents is 1. The highest BCUT2D eigenvalue weighted by molar-refractivity contribution is 7.91. The largest absolute Gasteiger partial charge is 0.507 e. The Morgan fingerprint density at radius 1 is 1.33 bits per heavy atom. The third kappa shape index (κ3) is 5.59. The zero-order chi connectivity index (χ0) is 20.0. The van der Waals surface area contributed by atoms with Crippen molar-refractivity contribution in [2.75, 3.05) is 31.8 Å². The van der Waals surface area contributed by atoms with Crippen molar-refractivity contribution in [3.05, 3.63) is 23.8 Å². The first-order valence-corrected chi connectivity index (χ1v) is 10.6. The van der Waals surface area contributed by atoms with Gasteiger partial charge in [-0.25, -0.2) is 13.2 Å². The maximum absolute atomic E-state index is 12.6. The standard InChI is InChI=1S/C18H25NO7S/c1-3-4-8-19(13-7-9-27(23,24)12-13)17(21)11-26-18(22)15-10-14(25-2)5-6-16(15)20/h5-6,10,13,20H,3-4,7-9,11-12H2,1-2H3. The number of unbranched alkanes of at least 4 members (excludes halogenated alkanes) is 1. The summed E-state index contributed by atoms with van der Waals surface area (Å²) in [5.41, 5.74) is -0.106. The molecule has 1 aromatic carbocycles. The number of carbonyl (C=O) groups excluding carboxylic acids is 2. The molecule has 1 atom stereocenters. The lowest BCUT2D eigenvalue weighted by Gasteiger charge is -2.28. The second kappa shape index (κ2) is 9.07. The number of hydrogen-bond acceptors (Lipinski definition) is 7. The second-order valence-corrected chi connectivity index (χ2v) is 8.69. The van der Waals surface area contributed by atoms with Gasteiger partial charge in [0.15, 0.2) is 16.4 Å². The Bertz CT molecular complexity index is 791. The zero-order valence-electron chi connectivity index (χ0n) is 15.5. The first-order valence-electron chi connectivity index (χ1n) is 8.81. The number of esters is 1. The fourth-order valence-corrected chi connectivity index (χ4v) is 4.68. The van der Waals surface area contributed by atoms with E-state index in [4.69, 9.17) is 9.47 Å². The Labute approximate surface area is 159 Å². The summed E-state index contributed by atoms with van der Waals surface area (Å²) in [5.74, 6) is -1.21. The van der Waals surface area contributed by atoms with E-state index in [9.17, 15) is 23.1 Å². The number of amides is 1. The van der Waals surface area contributed by atoms with Gasteiger partial charge in [-0.3, -0.25) is 4.79 Å². The molecule has 1 aliphatic heterocycles. The smallest absolute Gasteiger partial charge is 0.342 e. The fourth-order valence-electron chi connectivity index (χ4n) is 2.95. The molecule has 0 spiro atoms. The lowest BCUT2D eigenvalue weighted by Crippen LogP contribution is -2.43. The summed E-state index contributed by atoms with van der Waals surface area (Å²) >= 11 is 0. The van der Waals surface area contributed by atoms with Gasteiger partial charge in [0.1, 0.15) is 17.1 Å². The Morgan fingerprint density at radius 3 is 2.67 bits per heavy atom. The molecule has 27 heavy (non-hydrogen) atoms. The molecule has 1 aromatic rings. The third-order valence-corrected chi connectivity index (χ3v) is 6.22. The molecule has 0 radical (unpaired) electrons. The Hall–Kier alpha value is -2.29. The van der Waals surface area contributed by atoms with Crippen LogP contribution in [0.25, 0.3) is 0 Å². The number of ether oxygens (including phenoxy) is 2. The molecule has 150 valence electrons. The summed E-state index contributed by atoms with van der Waals surface area (Å²) < 4.78 is 33.5. The summed E-state index contributed by atoms with van der Waals surface area (Å²) in [5, 5.41) is 9.80. The number of nitrogens with zero attached hydrogens (tertiary/aromatic N) is 1. The highest BCUT2D eigenvalue weighted by Crippen LogP contribution is 2.24. The van der Waals surface area contributed by atoms with E-state index in [1.54, 1.807) is 0 Å². The molecule has 1 heterocycles. The van der Waals surface area contributed by atoms with Gasteiger partial charge in [0.25, 0.3) is 5.91 Å². The van der Waals surface area contributed by atoms with Crippen LogP contribution in [0.15, 0.2) is 18.2 Å². The summed E-state index contributed by atoms with van der Waals surface area (Å²) in [7, 11) is -1.71. The van der Waals surface area contributed by atoms with Crippen LogP contribution >= 0.6 is 0 Å². The average Bonchev–Trinajstić information content (AvgIpc) is 3.00. The molecule has 1 unspecified atom stereocenters. The van der Waals surface area contributed by atoms with E-state index in [2.05, 4.69) is 0 Å². The molecule has 0 aliphatic carbocycles. The van der Waals surface area contributed by atoms with Gasteiger partial charge in [-0.1, -0.05) is 13.3 Å². The summed E-state index contributed by atoms with van der Waals surface area (Å²) in [6, 6.07) is 3.72. The molecule has 1 N–H and O–H groups in total. The van der Waals surface area contributed by atoms with Gasteiger partial charge in [-0.15, -0.1) is 0 Å². The molecular weight excluding hydrogens is 374 g/mol. The summed E-state index contributed by atoms with van der Waals surface area (Å²) in [4.78, 5) is 26.2. The van der Waals surface area contributed by atoms with Gasteiger partial charge in [0, 0.05) is 12.6 Å². The van der Waals surface area contributed by atoms with Crippen LogP contribution in [-0.4, -0.2) is 68.1 Å². The van der Waals surface area contributed by atoms with E-state index in [1.165, 1.54) is 30.2 Å². The lowest BCUT2D eigenvalue weighted by molar-refractivity contribution is -0.136. The van der Waals surface area contributed by atoms with Crippen molar-refractivity contribution in [3.8, 4) is 11.5 Å². The van der Waals surface area contributed by atoms with E-state index in [1.807, 2.05) is 6.92 Å². The minimum Gasteiger partial charge on any atom is -0.507 e. The normalized spacial score (nSPS) is 18.1. The van der Waals surface area contributed by atoms with E-state index >= 15 is 0 Å². The molecule has 1 aliphatic rings. The second-order valence-electron chi connectivity index (χ2n) is 6.46. The van der Waals surface area contributed by atoms with Gasteiger partial charge < -0.3 is 19.5 Å². The van der Waals surface area contributed by atoms with Gasteiger partial charge in [-0.2, -0.15) is 0 Å². The Morgan fingerprint density at radius 2 is 2.07 bits per heavy atom. The number of sulfone groups is 1. The topological polar surface area (TPSA) is 110 Å². The van der Waals surface area contributed by atoms with E-state index in [0.717, 1.165) is 12.8 Å². The van der Waals surface area contributed by atoms with Crippen molar-refractivity contribution < 1.29 is 32.6 Å². The molecule has 8 nitrogen and oxygen atoms in total. The zero-order valence-corrected chi connectivity index (χ0v) is 16.3. The quantitative estimate of drug-likeness (QED) is 0.657. The number of rotatable bonds is 8. The average molecular weight is 399 g/mol. The molecule has 0 bridgehead atoms. The monoisotopic (exact) mass is 399 g/mol. The van der Waals surface area contributed by atoms with Crippen molar-refractivity contribution >= 4 is 21.7 Å². The van der Waals surface area contributed by atoms with Crippen LogP contribution in [0.1, 0.15) is 36.5 Å². The SMILES string of the molecule is CCCCN(C(=O)COC(=O)c1cc(OC)ccc1O)C1CCS(=O)(=O)C1. The van der Waals surface area contributed by atoms with Crippen molar-refractivity contribution in [1.29, 1.82) is 0 Å². The number of hydrogen-bond donors (Lipinski definition) is 1. The van der Waals surface area contributed by atoms with Crippen LogP contribution in [0.3, 0.4) is 0 Å². The maximum atomic E-state index is 12.6. The summed E-state index contributed by atoms with van der Waals surface area (Å²) in [6.07, 6.45) is 1.97. The molecule has 1 amide bonds. The minimum atomic E-state index is -3.14. The van der Waals surface area contributed by atoms with Crippen LogP contribution in [-0.2, 0) is 19.4 Å². The molecule has 1 saturated heterocycles. The van der Waals surface area contributed by atoms with Gasteiger partial charge >= 0.3 is 5.97 Å². The van der Waals surface area contributed by atoms with Crippen LogP contribution in [0.2, 0.25) is 0 Å². The van der Waals surface area contributed by atoms with Gasteiger partial charge in [0.05, 0.1) is 18.6 Å². The van der Waals surface area contributed by atoms with E-state index < -0.39 is 34.4 Å². The molecule has 2 rings (SSSR count). The highest BCUT2D eigenvalue weighted by Gasteiger charge is 2.34. The number of benzene rings is 1. The number of aromatic hydroxyl groups is 1. The van der Waals surface area contributed by atoms with Gasteiger partial charge in [0.2, 0.25) is 0 Å². The van der Waals surface area contributed by atoms with Crippen LogP contribution in [0, 0.1) is 0 Å². The number of phenols is 1. The molecule has 9 heteroatoms. The van der Waals surface area contributed by atoms with Crippen LogP contribution in [0.4, 0.5) is 0 Å². The fraction of sp³-hybridized carbons (Fsp3) is 0.556.